The average molecular weight is 378 g/mol. The van der Waals surface area contributed by atoms with E-state index in [-0.39, 0.29) is 18.4 Å². The predicted molar refractivity (Wildman–Crippen MR) is 110 cm³/mol. The maximum atomic E-state index is 13.0. The molecule has 0 aliphatic heterocycles. The minimum Gasteiger partial charge on any atom is -0.481 e. The van der Waals surface area contributed by atoms with E-state index in [9.17, 15) is 9.59 Å². The fraction of sp³-hybridized carbons (Fsp3) is 0.190. The van der Waals surface area contributed by atoms with Crippen molar-refractivity contribution in [2.45, 2.75) is 0 Å². The summed E-state index contributed by atoms with van der Waals surface area (Å²) in [5.41, 5.74) is 2.16. The van der Waals surface area contributed by atoms with Crippen molar-refractivity contribution < 1.29 is 14.3 Å². The molecular formula is C21H22N4O3. The van der Waals surface area contributed by atoms with Crippen LogP contribution in [0.5, 0.6) is 5.88 Å². The first-order valence-electron chi connectivity index (χ1n) is 8.76. The molecule has 0 bridgehead atoms. The summed E-state index contributed by atoms with van der Waals surface area (Å²) >= 11 is 0. The Kier molecular flexibility index (Phi) is 5.86. The highest BCUT2D eigenvalue weighted by molar-refractivity contribution is 6.14. The van der Waals surface area contributed by atoms with Crippen molar-refractivity contribution in [2.75, 3.05) is 38.4 Å². The first-order valence-corrected chi connectivity index (χ1v) is 8.76. The van der Waals surface area contributed by atoms with Crippen molar-refractivity contribution in [3.63, 3.8) is 0 Å². The highest BCUT2D eigenvalue weighted by Crippen LogP contribution is 2.25. The van der Waals surface area contributed by atoms with Crippen LogP contribution in [-0.4, -0.2) is 49.4 Å². The Labute approximate surface area is 163 Å². The number of amides is 2. The minimum absolute atomic E-state index is 0.164. The first kappa shape index (κ1) is 19.3. The maximum absolute atomic E-state index is 13.0. The molecule has 2 amide bonds. The van der Waals surface area contributed by atoms with Crippen LogP contribution in [-0.2, 0) is 4.79 Å². The van der Waals surface area contributed by atoms with E-state index in [4.69, 9.17) is 4.74 Å². The van der Waals surface area contributed by atoms with Crippen LogP contribution in [0.3, 0.4) is 0 Å². The molecule has 0 radical (unpaired) electrons. The Morgan fingerprint density at radius 3 is 2.32 bits per heavy atom. The molecule has 0 unspecified atom stereocenters. The molecule has 0 aliphatic rings. The van der Waals surface area contributed by atoms with Crippen molar-refractivity contribution >= 4 is 34.1 Å². The Morgan fingerprint density at radius 1 is 1.00 bits per heavy atom. The summed E-state index contributed by atoms with van der Waals surface area (Å²) in [6.45, 7) is 0.245. The number of fused-ring (bicyclic) bond motifs is 1. The molecule has 1 heterocycles. The molecule has 7 heteroatoms. The zero-order valence-corrected chi connectivity index (χ0v) is 16.0. The second kappa shape index (κ2) is 8.49. The van der Waals surface area contributed by atoms with Gasteiger partial charge in [0, 0.05) is 11.5 Å². The molecule has 0 saturated carbocycles. The zero-order valence-electron chi connectivity index (χ0n) is 16.0. The van der Waals surface area contributed by atoms with Crippen molar-refractivity contribution in [1.29, 1.82) is 0 Å². The monoisotopic (exact) mass is 378 g/mol. The molecule has 28 heavy (non-hydrogen) atoms. The molecule has 3 aromatic rings. The fourth-order valence-electron chi connectivity index (χ4n) is 2.81. The van der Waals surface area contributed by atoms with Crippen LogP contribution >= 0.6 is 0 Å². The number of benzene rings is 2. The quantitative estimate of drug-likeness (QED) is 0.689. The normalized spacial score (nSPS) is 10.7. The van der Waals surface area contributed by atoms with Gasteiger partial charge in [0.15, 0.2) is 0 Å². The first-order chi connectivity index (χ1) is 13.5. The standard InChI is InChI=1S/C21H22N4O3/c1-25(2)13-19(26)22-17-10-6-7-11-18(17)24-21(27)15-12-20(28-3)23-16-9-5-4-8-14(15)16/h4-12H,13H2,1-3H3,(H,22,26)(H,24,27). The van der Waals surface area contributed by atoms with E-state index >= 15 is 0 Å². The number of para-hydroxylation sites is 3. The van der Waals surface area contributed by atoms with E-state index in [0.717, 1.165) is 5.39 Å². The highest BCUT2D eigenvalue weighted by Gasteiger charge is 2.16. The summed E-state index contributed by atoms with van der Waals surface area (Å²) in [7, 11) is 5.14. The summed E-state index contributed by atoms with van der Waals surface area (Å²) in [6.07, 6.45) is 0. The van der Waals surface area contributed by atoms with Crippen molar-refractivity contribution in [2.24, 2.45) is 0 Å². The van der Waals surface area contributed by atoms with Gasteiger partial charge in [0.1, 0.15) is 0 Å². The van der Waals surface area contributed by atoms with Gasteiger partial charge in [-0.05, 0) is 32.3 Å². The molecule has 0 fully saturated rings. The lowest BCUT2D eigenvalue weighted by Crippen LogP contribution is -2.27. The molecule has 1 aromatic heterocycles. The number of aromatic nitrogens is 1. The van der Waals surface area contributed by atoms with Crippen LogP contribution in [0.1, 0.15) is 10.4 Å². The molecule has 7 nitrogen and oxygen atoms in total. The molecular weight excluding hydrogens is 356 g/mol. The number of hydrogen-bond acceptors (Lipinski definition) is 5. The van der Waals surface area contributed by atoms with E-state index < -0.39 is 0 Å². The topological polar surface area (TPSA) is 83.6 Å². The second-order valence-corrected chi connectivity index (χ2v) is 6.51. The van der Waals surface area contributed by atoms with Crippen LogP contribution < -0.4 is 15.4 Å². The molecule has 0 aliphatic carbocycles. The molecule has 0 spiro atoms. The van der Waals surface area contributed by atoms with E-state index in [0.29, 0.717) is 28.3 Å². The van der Waals surface area contributed by atoms with Gasteiger partial charge in [-0.15, -0.1) is 0 Å². The smallest absolute Gasteiger partial charge is 0.256 e. The Bertz CT molecular complexity index is 1020. The maximum Gasteiger partial charge on any atom is 0.256 e. The molecule has 2 aromatic carbocycles. The number of ether oxygens (including phenoxy) is 1. The lowest BCUT2D eigenvalue weighted by molar-refractivity contribution is -0.116. The summed E-state index contributed by atoms with van der Waals surface area (Å²) in [5, 5.41) is 6.42. The van der Waals surface area contributed by atoms with E-state index in [1.165, 1.54) is 7.11 Å². The van der Waals surface area contributed by atoms with Gasteiger partial charge < -0.3 is 20.3 Å². The molecule has 0 saturated heterocycles. The fourth-order valence-corrected chi connectivity index (χ4v) is 2.81. The Hall–Kier alpha value is -3.45. The lowest BCUT2D eigenvalue weighted by Gasteiger charge is -2.15. The number of nitrogens with one attached hydrogen (secondary N) is 2. The van der Waals surface area contributed by atoms with Crippen molar-refractivity contribution in [3.05, 3.63) is 60.2 Å². The van der Waals surface area contributed by atoms with E-state index in [1.54, 1.807) is 35.2 Å². The number of rotatable bonds is 6. The van der Waals surface area contributed by atoms with Gasteiger partial charge in [0.25, 0.3) is 5.91 Å². The van der Waals surface area contributed by atoms with Crippen LogP contribution in [0.2, 0.25) is 0 Å². The SMILES string of the molecule is COc1cc(C(=O)Nc2ccccc2NC(=O)CN(C)C)c2ccccc2n1. The van der Waals surface area contributed by atoms with E-state index in [1.807, 2.05) is 38.4 Å². The highest BCUT2D eigenvalue weighted by atomic mass is 16.5. The summed E-state index contributed by atoms with van der Waals surface area (Å²) in [6, 6.07) is 16.0. The van der Waals surface area contributed by atoms with Gasteiger partial charge in [0.2, 0.25) is 11.8 Å². The zero-order chi connectivity index (χ0) is 20.1. The van der Waals surface area contributed by atoms with Gasteiger partial charge in [-0.25, -0.2) is 4.98 Å². The predicted octanol–water partition coefficient (Wildman–Crippen LogP) is 3.00. The average Bonchev–Trinajstić information content (AvgIpc) is 2.67. The summed E-state index contributed by atoms with van der Waals surface area (Å²) < 4.78 is 5.22. The molecule has 144 valence electrons. The number of pyridine rings is 1. The van der Waals surface area contributed by atoms with Crippen LogP contribution in [0.15, 0.2) is 54.6 Å². The Morgan fingerprint density at radius 2 is 1.64 bits per heavy atom. The van der Waals surface area contributed by atoms with Crippen LogP contribution in [0, 0.1) is 0 Å². The molecule has 3 rings (SSSR count). The van der Waals surface area contributed by atoms with Gasteiger partial charge in [-0.1, -0.05) is 30.3 Å². The second-order valence-electron chi connectivity index (χ2n) is 6.51. The number of nitrogens with zero attached hydrogens (tertiary/aromatic N) is 2. The Balaban J connectivity index is 1.90. The van der Waals surface area contributed by atoms with E-state index in [2.05, 4.69) is 15.6 Å². The van der Waals surface area contributed by atoms with Crippen LogP contribution in [0.25, 0.3) is 10.9 Å². The van der Waals surface area contributed by atoms with Crippen LogP contribution in [0.4, 0.5) is 11.4 Å². The number of hydrogen-bond donors (Lipinski definition) is 2. The molecule has 2 N–H and O–H groups in total. The van der Waals surface area contributed by atoms with Gasteiger partial charge in [-0.3, -0.25) is 9.59 Å². The molecule has 0 atom stereocenters. The third-order valence-electron chi connectivity index (χ3n) is 4.06. The number of likely N-dealkylation sites (N-methyl/N-ethyl adjacent to an activating group) is 1. The largest absolute Gasteiger partial charge is 0.481 e. The number of methoxy groups -OCH3 is 1. The minimum atomic E-state index is -0.314. The van der Waals surface area contributed by atoms with Crippen molar-refractivity contribution in [3.8, 4) is 5.88 Å². The number of anilines is 2. The third-order valence-corrected chi connectivity index (χ3v) is 4.06. The van der Waals surface area contributed by atoms with Gasteiger partial charge >= 0.3 is 0 Å². The summed E-state index contributed by atoms with van der Waals surface area (Å²) in [4.78, 5) is 31.2. The van der Waals surface area contributed by atoms with Crippen molar-refractivity contribution in [1.82, 2.24) is 9.88 Å². The lowest BCUT2D eigenvalue weighted by atomic mass is 10.1. The van der Waals surface area contributed by atoms with Gasteiger partial charge in [0.05, 0.1) is 36.1 Å². The number of carbonyl (C=O) groups is 2. The number of carbonyl (C=O) groups excluding carboxylic acids is 2. The third kappa shape index (κ3) is 4.44. The van der Waals surface area contributed by atoms with Gasteiger partial charge in [-0.2, -0.15) is 0 Å². The summed E-state index contributed by atoms with van der Waals surface area (Å²) in [5.74, 6) is -0.120.